The minimum atomic E-state index is -0.394. The van der Waals surface area contributed by atoms with Crippen LogP contribution < -0.4 is 4.90 Å². The fourth-order valence-electron chi connectivity index (χ4n) is 2.84. The van der Waals surface area contributed by atoms with Gasteiger partial charge in [0.05, 0.1) is 4.92 Å². The van der Waals surface area contributed by atoms with E-state index in [4.69, 9.17) is 0 Å². The largest absolute Gasteiger partial charge is 0.369 e. The highest BCUT2D eigenvalue weighted by Gasteiger charge is 2.19. The molecule has 0 radical (unpaired) electrons. The Morgan fingerprint density at radius 2 is 1.75 bits per heavy atom. The Morgan fingerprint density at radius 1 is 1.08 bits per heavy atom. The van der Waals surface area contributed by atoms with Gasteiger partial charge in [-0.25, -0.2) is 4.39 Å². The number of halogens is 2. The van der Waals surface area contributed by atoms with Crippen molar-refractivity contribution >= 4 is 27.3 Å². The van der Waals surface area contributed by atoms with Crippen LogP contribution in [-0.2, 0) is 6.54 Å². The average Bonchev–Trinajstić information content (AvgIpc) is 2.58. The van der Waals surface area contributed by atoms with Gasteiger partial charge in [-0.1, -0.05) is 22.0 Å². The zero-order chi connectivity index (χ0) is 17.1. The SMILES string of the molecule is O=[N+]([O-])c1ccc(N2CCN(Cc3ccc(Br)cc3F)CC2)cc1. The third-order valence-electron chi connectivity index (χ3n) is 4.21. The van der Waals surface area contributed by atoms with Crippen molar-refractivity contribution in [3.8, 4) is 0 Å². The summed E-state index contributed by atoms with van der Waals surface area (Å²) >= 11 is 3.27. The van der Waals surface area contributed by atoms with Crippen molar-refractivity contribution in [3.05, 3.63) is 68.4 Å². The quantitative estimate of drug-likeness (QED) is 0.585. The molecule has 0 bridgehead atoms. The van der Waals surface area contributed by atoms with Crippen molar-refractivity contribution < 1.29 is 9.31 Å². The van der Waals surface area contributed by atoms with Crippen LogP contribution in [0.5, 0.6) is 0 Å². The number of non-ortho nitro benzene ring substituents is 1. The van der Waals surface area contributed by atoms with Crippen molar-refractivity contribution in [1.29, 1.82) is 0 Å². The molecule has 0 spiro atoms. The van der Waals surface area contributed by atoms with Gasteiger partial charge in [-0.2, -0.15) is 0 Å². The fraction of sp³-hybridized carbons (Fsp3) is 0.294. The Morgan fingerprint density at radius 3 is 2.33 bits per heavy atom. The maximum Gasteiger partial charge on any atom is 0.269 e. The minimum Gasteiger partial charge on any atom is -0.369 e. The van der Waals surface area contributed by atoms with E-state index in [9.17, 15) is 14.5 Å². The second-order valence-corrected chi connectivity index (χ2v) is 6.69. The normalized spacial score (nSPS) is 15.5. The van der Waals surface area contributed by atoms with E-state index in [2.05, 4.69) is 25.7 Å². The molecule has 2 aromatic carbocycles. The molecule has 0 atom stereocenters. The lowest BCUT2D eigenvalue weighted by atomic mass is 10.1. The highest BCUT2D eigenvalue weighted by molar-refractivity contribution is 9.10. The van der Waals surface area contributed by atoms with Crippen LogP contribution in [0.25, 0.3) is 0 Å². The van der Waals surface area contributed by atoms with Crippen LogP contribution in [0, 0.1) is 15.9 Å². The van der Waals surface area contributed by atoms with Gasteiger partial charge in [0.25, 0.3) is 5.69 Å². The summed E-state index contributed by atoms with van der Waals surface area (Å²) in [7, 11) is 0. The van der Waals surface area contributed by atoms with Crippen molar-refractivity contribution in [2.24, 2.45) is 0 Å². The van der Waals surface area contributed by atoms with Crippen LogP contribution >= 0.6 is 15.9 Å². The summed E-state index contributed by atoms with van der Waals surface area (Å²) in [5, 5.41) is 10.7. The molecule has 7 heteroatoms. The van der Waals surface area contributed by atoms with Gasteiger partial charge in [0, 0.05) is 60.6 Å². The molecule has 0 amide bonds. The highest BCUT2D eigenvalue weighted by atomic mass is 79.9. The Kier molecular flexibility index (Phi) is 5.11. The highest BCUT2D eigenvalue weighted by Crippen LogP contribution is 2.22. The van der Waals surface area contributed by atoms with Crippen LogP contribution in [0.4, 0.5) is 15.8 Å². The van der Waals surface area contributed by atoms with Gasteiger partial charge in [0.1, 0.15) is 5.82 Å². The molecule has 2 aromatic rings. The molecule has 24 heavy (non-hydrogen) atoms. The van der Waals surface area contributed by atoms with Crippen LogP contribution in [-0.4, -0.2) is 36.0 Å². The van der Waals surface area contributed by atoms with E-state index in [0.29, 0.717) is 12.1 Å². The summed E-state index contributed by atoms with van der Waals surface area (Å²) in [5.74, 6) is -0.192. The predicted molar refractivity (Wildman–Crippen MR) is 94.7 cm³/mol. The second-order valence-electron chi connectivity index (χ2n) is 5.77. The van der Waals surface area contributed by atoms with Gasteiger partial charge < -0.3 is 4.90 Å². The number of benzene rings is 2. The molecule has 1 aliphatic heterocycles. The molecule has 0 aliphatic carbocycles. The maximum absolute atomic E-state index is 13.9. The van der Waals surface area contributed by atoms with Gasteiger partial charge in [-0.3, -0.25) is 15.0 Å². The number of piperazine rings is 1. The first kappa shape index (κ1) is 16.9. The van der Waals surface area contributed by atoms with Crippen molar-refractivity contribution in [2.75, 3.05) is 31.1 Å². The van der Waals surface area contributed by atoms with E-state index < -0.39 is 4.92 Å². The van der Waals surface area contributed by atoms with E-state index in [1.165, 1.54) is 18.2 Å². The first-order valence-electron chi connectivity index (χ1n) is 7.68. The zero-order valence-corrected chi connectivity index (χ0v) is 14.6. The molecule has 1 fully saturated rings. The van der Waals surface area contributed by atoms with Gasteiger partial charge in [-0.15, -0.1) is 0 Å². The molecule has 0 aromatic heterocycles. The lowest BCUT2D eigenvalue weighted by molar-refractivity contribution is -0.384. The third kappa shape index (κ3) is 3.91. The van der Waals surface area contributed by atoms with Gasteiger partial charge >= 0.3 is 0 Å². The monoisotopic (exact) mass is 393 g/mol. The number of nitrogens with zero attached hydrogens (tertiary/aromatic N) is 3. The Labute approximate surface area is 148 Å². The number of rotatable bonds is 4. The fourth-order valence-corrected chi connectivity index (χ4v) is 3.17. The van der Waals surface area contributed by atoms with Gasteiger partial charge in [0.15, 0.2) is 0 Å². The summed E-state index contributed by atoms with van der Waals surface area (Å²) < 4.78 is 14.7. The minimum absolute atomic E-state index is 0.100. The summed E-state index contributed by atoms with van der Waals surface area (Å²) in [4.78, 5) is 14.7. The van der Waals surface area contributed by atoms with Crippen LogP contribution in [0.1, 0.15) is 5.56 Å². The zero-order valence-electron chi connectivity index (χ0n) is 13.0. The van der Waals surface area contributed by atoms with Crippen LogP contribution in [0.15, 0.2) is 46.9 Å². The third-order valence-corrected chi connectivity index (χ3v) is 4.70. The number of hydrogen-bond donors (Lipinski definition) is 0. The second kappa shape index (κ2) is 7.27. The Hall–Kier alpha value is -1.99. The van der Waals surface area contributed by atoms with E-state index in [-0.39, 0.29) is 11.5 Å². The van der Waals surface area contributed by atoms with Crippen LogP contribution in [0.3, 0.4) is 0 Å². The summed E-state index contributed by atoms with van der Waals surface area (Å²) in [6, 6.07) is 11.8. The predicted octanol–water partition coefficient (Wildman–Crippen LogP) is 3.82. The summed E-state index contributed by atoms with van der Waals surface area (Å²) in [6.45, 7) is 3.87. The standard InChI is InChI=1S/C17H17BrFN3O2/c18-14-2-1-13(17(19)11-14)12-20-7-9-21(10-8-20)15-3-5-16(6-4-15)22(23)24/h1-6,11H,7-10,12H2. The smallest absolute Gasteiger partial charge is 0.269 e. The topological polar surface area (TPSA) is 49.6 Å². The molecule has 0 unspecified atom stereocenters. The van der Waals surface area contributed by atoms with E-state index >= 15 is 0 Å². The maximum atomic E-state index is 13.9. The number of nitro groups is 1. The molecule has 5 nitrogen and oxygen atoms in total. The number of nitro benzene ring substituents is 1. The Balaban J connectivity index is 1.58. The van der Waals surface area contributed by atoms with Crippen molar-refractivity contribution in [3.63, 3.8) is 0 Å². The molecule has 0 saturated carbocycles. The number of hydrogen-bond acceptors (Lipinski definition) is 4. The van der Waals surface area contributed by atoms with Crippen LogP contribution in [0.2, 0.25) is 0 Å². The van der Waals surface area contributed by atoms with Gasteiger partial charge in [-0.05, 0) is 24.3 Å². The van der Waals surface area contributed by atoms with Crippen molar-refractivity contribution in [1.82, 2.24) is 4.90 Å². The summed E-state index contributed by atoms with van der Waals surface area (Å²) in [5.41, 5.74) is 1.78. The lowest BCUT2D eigenvalue weighted by Gasteiger charge is -2.36. The molecular formula is C17H17BrFN3O2. The summed E-state index contributed by atoms with van der Waals surface area (Å²) in [6.07, 6.45) is 0. The average molecular weight is 394 g/mol. The molecular weight excluding hydrogens is 377 g/mol. The van der Waals surface area contributed by atoms with E-state index in [1.807, 2.05) is 12.1 Å². The van der Waals surface area contributed by atoms with Gasteiger partial charge in [0.2, 0.25) is 0 Å². The lowest BCUT2D eigenvalue weighted by Crippen LogP contribution is -2.46. The Bertz CT molecular complexity index is 731. The van der Waals surface area contributed by atoms with E-state index in [0.717, 1.165) is 36.3 Å². The molecule has 0 N–H and O–H groups in total. The van der Waals surface area contributed by atoms with Crippen molar-refractivity contribution in [2.45, 2.75) is 6.54 Å². The van der Waals surface area contributed by atoms with E-state index in [1.54, 1.807) is 12.1 Å². The molecule has 126 valence electrons. The number of anilines is 1. The molecule has 1 heterocycles. The first-order chi connectivity index (χ1) is 11.5. The molecule has 3 rings (SSSR count). The molecule has 1 aliphatic rings. The first-order valence-corrected chi connectivity index (χ1v) is 8.48. The molecule has 1 saturated heterocycles.